The van der Waals surface area contributed by atoms with E-state index >= 15 is 0 Å². The molecule has 0 aliphatic carbocycles. The number of aliphatic hydroxyl groups is 1. The summed E-state index contributed by atoms with van der Waals surface area (Å²) in [5.74, 6) is 0. The monoisotopic (exact) mass is 303 g/mol. The molecule has 1 rings (SSSR count). The summed E-state index contributed by atoms with van der Waals surface area (Å²) >= 11 is 0. The van der Waals surface area contributed by atoms with Gasteiger partial charge >= 0.3 is 6.18 Å². The van der Waals surface area contributed by atoms with E-state index < -0.39 is 17.8 Å². The maximum atomic E-state index is 12.8. The van der Waals surface area contributed by atoms with Gasteiger partial charge in [-0.05, 0) is 12.5 Å². The van der Waals surface area contributed by atoms with Gasteiger partial charge in [-0.1, -0.05) is 51.9 Å². The molecule has 120 valence electrons. The molecule has 1 atom stereocenters. The van der Waals surface area contributed by atoms with Crippen LogP contribution in [0, 0.1) is 0 Å². The molecular formula is C16H24F3NO. The van der Waals surface area contributed by atoms with Gasteiger partial charge in [0.2, 0.25) is 0 Å². The second-order valence-corrected chi connectivity index (χ2v) is 5.39. The van der Waals surface area contributed by atoms with E-state index in [0.29, 0.717) is 6.42 Å². The molecule has 2 nitrogen and oxygen atoms in total. The molecule has 0 saturated carbocycles. The van der Waals surface area contributed by atoms with Crippen molar-refractivity contribution in [1.82, 2.24) is 4.98 Å². The number of pyridine rings is 1. The summed E-state index contributed by atoms with van der Waals surface area (Å²) < 4.78 is 38.5. The van der Waals surface area contributed by atoms with Gasteiger partial charge in [-0.3, -0.25) is 4.98 Å². The summed E-state index contributed by atoms with van der Waals surface area (Å²) in [4.78, 5) is 3.70. The van der Waals surface area contributed by atoms with E-state index in [2.05, 4.69) is 11.9 Å². The van der Waals surface area contributed by atoms with Crippen LogP contribution in [0.5, 0.6) is 0 Å². The summed E-state index contributed by atoms with van der Waals surface area (Å²) in [6, 6.07) is 0.920. The van der Waals surface area contributed by atoms with Crippen LogP contribution < -0.4 is 0 Å². The molecule has 1 N–H and O–H groups in total. The van der Waals surface area contributed by atoms with Crippen LogP contribution in [0.4, 0.5) is 13.2 Å². The summed E-state index contributed by atoms with van der Waals surface area (Å²) in [5, 5.41) is 9.97. The Hall–Kier alpha value is -1.10. The van der Waals surface area contributed by atoms with Crippen molar-refractivity contribution in [3.05, 3.63) is 29.6 Å². The minimum absolute atomic E-state index is 0.115. The standard InChI is InChI=1S/C16H24F3NO/c1-2-3-4-5-6-7-8-9-15(21)13-12-20-11-10-14(13)16(17,18)19/h10-12,15,21H,2-9H2,1H3. The largest absolute Gasteiger partial charge is 0.416 e. The molecule has 0 amide bonds. The highest BCUT2D eigenvalue weighted by Gasteiger charge is 2.34. The van der Waals surface area contributed by atoms with E-state index in [1.54, 1.807) is 0 Å². The highest BCUT2D eigenvalue weighted by Crippen LogP contribution is 2.35. The second-order valence-electron chi connectivity index (χ2n) is 5.39. The van der Waals surface area contributed by atoms with E-state index in [4.69, 9.17) is 0 Å². The Kier molecular flexibility index (Phi) is 7.72. The quantitative estimate of drug-likeness (QED) is 0.630. The van der Waals surface area contributed by atoms with Crippen molar-refractivity contribution >= 4 is 0 Å². The van der Waals surface area contributed by atoms with Crippen molar-refractivity contribution in [3.8, 4) is 0 Å². The predicted octanol–water partition coefficient (Wildman–Crippen LogP) is 5.27. The van der Waals surface area contributed by atoms with E-state index in [1.165, 1.54) is 19.3 Å². The third kappa shape index (κ3) is 6.46. The molecule has 0 spiro atoms. The van der Waals surface area contributed by atoms with Crippen molar-refractivity contribution in [3.63, 3.8) is 0 Å². The SMILES string of the molecule is CCCCCCCCCC(O)c1cnccc1C(F)(F)F. The summed E-state index contributed by atoms with van der Waals surface area (Å²) in [7, 11) is 0. The van der Waals surface area contributed by atoms with Crippen LogP contribution in [0.2, 0.25) is 0 Å². The highest BCUT2D eigenvalue weighted by atomic mass is 19.4. The zero-order valence-electron chi connectivity index (χ0n) is 12.5. The van der Waals surface area contributed by atoms with Crippen LogP contribution in [0.1, 0.15) is 75.5 Å². The lowest BCUT2D eigenvalue weighted by Crippen LogP contribution is -2.12. The number of nitrogens with zero attached hydrogens (tertiary/aromatic N) is 1. The summed E-state index contributed by atoms with van der Waals surface area (Å²) in [6.45, 7) is 2.16. The maximum Gasteiger partial charge on any atom is 0.416 e. The minimum Gasteiger partial charge on any atom is -0.388 e. The van der Waals surface area contributed by atoms with E-state index in [0.717, 1.165) is 44.1 Å². The van der Waals surface area contributed by atoms with Crippen molar-refractivity contribution in [2.45, 2.75) is 70.6 Å². The Morgan fingerprint density at radius 3 is 2.33 bits per heavy atom. The lowest BCUT2D eigenvalue weighted by atomic mass is 9.99. The normalized spacial score (nSPS) is 13.4. The molecule has 0 aliphatic rings. The van der Waals surface area contributed by atoms with Gasteiger partial charge in [-0.25, -0.2) is 0 Å². The minimum atomic E-state index is -4.45. The predicted molar refractivity (Wildman–Crippen MR) is 76.8 cm³/mol. The lowest BCUT2D eigenvalue weighted by molar-refractivity contribution is -0.139. The molecular weight excluding hydrogens is 279 g/mol. The van der Waals surface area contributed by atoms with Crippen LogP contribution >= 0.6 is 0 Å². The Labute approximate surface area is 124 Å². The fourth-order valence-electron chi connectivity index (χ4n) is 2.38. The highest BCUT2D eigenvalue weighted by molar-refractivity contribution is 5.28. The van der Waals surface area contributed by atoms with Crippen molar-refractivity contribution < 1.29 is 18.3 Å². The fraction of sp³-hybridized carbons (Fsp3) is 0.688. The first-order valence-electron chi connectivity index (χ1n) is 7.66. The zero-order chi connectivity index (χ0) is 15.7. The molecule has 0 aromatic carbocycles. The van der Waals surface area contributed by atoms with Gasteiger partial charge < -0.3 is 5.11 Å². The van der Waals surface area contributed by atoms with E-state index in [9.17, 15) is 18.3 Å². The number of rotatable bonds is 9. The van der Waals surface area contributed by atoms with E-state index in [1.807, 2.05) is 0 Å². The molecule has 1 aromatic rings. The Balaban J connectivity index is 2.41. The van der Waals surface area contributed by atoms with Crippen LogP contribution in [0.15, 0.2) is 18.5 Å². The number of hydrogen-bond donors (Lipinski definition) is 1. The first kappa shape index (κ1) is 18.0. The molecule has 5 heteroatoms. The average Bonchev–Trinajstić information content (AvgIpc) is 2.45. The van der Waals surface area contributed by atoms with Crippen molar-refractivity contribution in [2.75, 3.05) is 0 Å². The molecule has 0 saturated heterocycles. The van der Waals surface area contributed by atoms with Gasteiger partial charge in [0.25, 0.3) is 0 Å². The molecule has 0 fully saturated rings. The fourth-order valence-corrected chi connectivity index (χ4v) is 2.38. The number of halogens is 3. The second kappa shape index (κ2) is 9.03. The van der Waals surface area contributed by atoms with Gasteiger partial charge in [-0.2, -0.15) is 13.2 Å². The van der Waals surface area contributed by atoms with Crippen LogP contribution in [0.25, 0.3) is 0 Å². The van der Waals surface area contributed by atoms with Crippen LogP contribution in [0.3, 0.4) is 0 Å². The third-order valence-corrected chi connectivity index (χ3v) is 3.60. The number of unbranched alkanes of at least 4 members (excludes halogenated alkanes) is 6. The third-order valence-electron chi connectivity index (χ3n) is 3.60. The molecule has 1 unspecified atom stereocenters. The summed E-state index contributed by atoms with van der Waals surface area (Å²) in [6.07, 6.45) is 4.58. The number of alkyl halides is 3. The van der Waals surface area contributed by atoms with E-state index in [-0.39, 0.29) is 5.56 Å². The molecule has 1 heterocycles. The zero-order valence-corrected chi connectivity index (χ0v) is 12.5. The summed E-state index contributed by atoms with van der Waals surface area (Å²) in [5.41, 5.74) is -0.899. The molecule has 0 aliphatic heterocycles. The van der Waals surface area contributed by atoms with Crippen molar-refractivity contribution in [1.29, 1.82) is 0 Å². The Morgan fingerprint density at radius 2 is 1.71 bits per heavy atom. The first-order valence-corrected chi connectivity index (χ1v) is 7.66. The van der Waals surface area contributed by atoms with Crippen LogP contribution in [-0.4, -0.2) is 10.1 Å². The molecule has 0 radical (unpaired) electrons. The van der Waals surface area contributed by atoms with Gasteiger partial charge in [0.05, 0.1) is 11.7 Å². The van der Waals surface area contributed by atoms with Gasteiger partial charge in [0.15, 0.2) is 0 Å². The molecule has 1 aromatic heterocycles. The average molecular weight is 303 g/mol. The molecule has 0 bridgehead atoms. The lowest BCUT2D eigenvalue weighted by Gasteiger charge is -2.16. The smallest absolute Gasteiger partial charge is 0.388 e. The molecule has 21 heavy (non-hydrogen) atoms. The van der Waals surface area contributed by atoms with Gasteiger partial charge in [-0.15, -0.1) is 0 Å². The van der Waals surface area contributed by atoms with Crippen molar-refractivity contribution in [2.24, 2.45) is 0 Å². The topological polar surface area (TPSA) is 33.1 Å². The van der Waals surface area contributed by atoms with Crippen LogP contribution in [-0.2, 0) is 6.18 Å². The maximum absolute atomic E-state index is 12.8. The Morgan fingerprint density at radius 1 is 1.10 bits per heavy atom. The number of aliphatic hydroxyl groups excluding tert-OH is 1. The number of hydrogen-bond acceptors (Lipinski definition) is 2. The number of aromatic nitrogens is 1. The van der Waals surface area contributed by atoms with Gasteiger partial charge in [0.1, 0.15) is 0 Å². The first-order chi connectivity index (χ1) is 9.96. The van der Waals surface area contributed by atoms with Gasteiger partial charge in [0, 0.05) is 18.0 Å². The Bertz CT molecular complexity index is 407.